The van der Waals surface area contributed by atoms with E-state index in [1.54, 1.807) is 0 Å². The molecule has 0 aromatic heterocycles. The van der Waals surface area contributed by atoms with Crippen LogP contribution in [0.1, 0.15) is 16.7 Å². The van der Waals surface area contributed by atoms with Crippen molar-refractivity contribution in [2.45, 2.75) is 4.75 Å². The molecule has 0 radical (unpaired) electrons. The van der Waals surface area contributed by atoms with Crippen LogP contribution < -0.4 is 0 Å². The lowest BCUT2D eigenvalue weighted by Gasteiger charge is -2.33. The van der Waals surface area contributed by atoms with Crippen LogP contribution in [0, 0.1) is 0 Å². The van der Waals surface area contributed by atoms with E-state index < -0.39 is 26.4 Å². The van der Waals surface area contributed by atoms with Gasteiger partial charge in [0.2, 0.25) is 0 Å². The normalized spacial score (nSPS) is 13.8. The number of hydrogen-bond acceptors (Lipinski definition) is 4. The molecule has 3 rings (SSSR count). The topological polar surface area (TPSA) is 94.8 Å². The zero-order chi connectivity index (χ0) is 21.6. The van der Waals surface area contributed by atoms with Gasteiger partial charge in [0, 0.05) is 21.2 Å². The molecule has 10 heteroatoms. The zero-order valence-corrected chi connectivity index (χ0v) is 18.1. The van der Waals surface area contributed by atoms with E-state index in [4.69, 9.17) is 46.4 Å². The van der Waals surface area contributed by atoms with Gasteiger partial charge in [0.15, 0.2) is 4.75 Å². The highest BCUT2D eigenvalue weighted by Crippen LogP contribution is 2.52. The number of rotatable bonds is 4. The Labute approximate surface area is 186 Å². The molecule has 0 aliphatic carbocycles. The molecule has 0 heterocycles. The number of phenols is 2. The SMILES string of the molecule is O=S(=O)(O)C(c1cc(Cl)cc(Cl)c1)(c1ccccc1O)c1ccc(Cl)c(Cl)c1O. The number of hydrogen-bond donors (Lipinski definition) is 3. The Hall–Kier alpha value is -1.67. The average Bonchev–Trinajstić information content (AvgIpc) is 2.61. The molecule has 3 N–H and O–H groups in total. The number of aromatic hydroxyl groups is 2. The Morgan fingerprint density at radius 3 is 1.93 bits per heavy atom. The first-order valence-corrected chi connectivity index (χ1v) is 10.8. The Kier molecular flexibility index (Phi) is 5.98. The fraction of sp³-hybridized carbons (Fsp3) is 0.0526. The summed E-state index contributed by atoms with van der Waals surface area (Å²) < 4.78 is 33.8. The van der Waals surface area contributed by atoms with Crippen LogP contribution in [0.15, 0.2) is 54.6 Å². The van der Waals surface area contributed by atoms with Gasteiger partial charge in [-0.25, -0.2) is 0 Å². The Morgan fingerprint density at radius 2 is 1.38 bits per heavy atom. The van der Waals surface area contributed by atoms with Gasteiger partial charge in [0.05, 0.1) is 5.02 Å². The van der Waals surface area contributed by atoms with Crippen LogP contribution in [0.25, 0.3) is 0 Å². The Morgan fingerprint density at radius 1 is 0.793 bits per heavy atom. The van der Waals surface area contributed by atoms with E-state index in [-0.39, 0.29) is 36.8 Å². The van der Waals surface area contributed by atoms with Gasteiger partial charge in [0.25, 0.3) is 10.1 Å². The molecule has 0 saturated heterocycles. The maximum Gasteiger partial charge on any atom is 0.283 e. The third-order valence-electron chi connectivity index (χ3n) is 4.39. The van der Waals surface area contributed by atoms with Gasteiger partial charge in [-0.15, -0.1) is 0 Å². The molecule has 3 aromatic carbocycles. The van der Waals surface area contributed by atoms with Gasteiger partial charge in [-0.2, -0.15) is 8.42 Å². The standard InChI is InChI=1S/C19H12Cl4O5S/c20-11-7-10(8-12(21)9-11)19(29(26,27)28,13-3-1-2-4-16(13)24)14-5-6-15(22)17(23)18(14)25/h1-9,24-25H,(H,26,27,28). The van der Waals surface area contributed by atoms with E-state index in [9.17, 15) is 23.2 Å². The molecule has 1 atom stereocenters. The minimum atomic E-state index is -5.13. The summed E-state index contributed by atoms with van der Waals surface area (Å²) in [5.74, 6) is -1.16. The summed E-state index contributed by atoms with van der Waals surface area (Å²) in [5, 5.41) is 20.9. The highest BCUT2D eigenvalue weighted by atomic mass is 35.5. The molecule has 5 nitrogen and oxygen atoms in total. The second kappa shape index (κ2) is 7.87. The molecule has 1 unspecified atom stereocenters. The fourth-order valence-corrected chi connectivity index (χ4v) is 5.39. The molecule has 0 spiro atoms. The maximum absolute atomic E-state index is 12.9. The van der Waals surface area contributed by atoms with Gasteiger partial charge in [-0.1, -0.05) is 70.7 Å². The molecule has 0 fully saturated rings. The summed E-state index contributed by atoms with van der Waals surface area (Å²) in [4.78, 5) is 0. The van der Waals surface area contributed by atoms with Crippen LogP contribution in [-0.4, -0.2) is 23.2 Å². The van der Waals surface area contributed by atoms with Crippen LogP contribution >= 0.6 is 46.4 Å². The molecule has 0 saturated carbocycles. The lowest BCUT2D eigenvalue weighted by Crippen LogP contribution is -2.38. The van der Waals surface area contributed by atoms with Crippen molar-refractivity contribution in [3.8, 4) is 11.5 Å². The molecular weight excluding hydrogens is 482 g/mol. The second-order valence-electron chi connectivity index (χ2n) is 6.09. The Bertz CT molecular complexity index is 1190. The van der Waals surface area contributed by atoms with E-state index in [0.717, 1.165) is 0 Å². The summed E-state index contributed by atoms with van der Waals surface area (Å²) in [7, 11) is -5.13. The number of phenolic OH excluding ortho intramolecular Hbond substituents is 2. The van der Waals surface area contributed by atoms with E-state index in [1.807, 2.05) is 0 Å². The minimum Gasteiger partial charge on any atom is -0.508 e. The molecule has 29 heavy (non-hydrogen) atoms. The summed E-state index contributed by atoms with van der Waals surface area (Å²) in [6, 6.07) is 11.7. The van der Waals surface area contributed by atoms with Crippen molar-refractivity contribution >= 4 is 56.5 Å². The summed E-state index contributed by atoms with van der Waals surface area (Å²) in [5.41, 5.74) is -0.739. The van der Waals surface area contributed by atoms with Gasteiger partial charge in [-0.3, -0.25) is 4.55 Å². The number of halogens is 4. The second-order valence-corrected chi connectivity index (χ2v) is 9.31. The molecule has 3 aromatic rings. The smallest absolute Gasteiger partial charge is 0.283 e. The summed E-state index contributed by atoms with van der Waals surface area (Å²) in [6.07, 6.45) is 0. The van der Waals surface area contributed by atoms with Gasteiger partial charge in [0.1, 0.15) is 16.5 Å². The Balaban J connectivity index is 2.63. The van der Waals surface area contributed by atoms with Crippen LogP contribution in [0.2, 0.25) is 20.1 Å². The first-order valence-electron chi connectivity index (χ1n) is 7.89. The maximum atomic E-state index is 12.9. The van der Waals surface area contributed by atoms with E-state index in [1.165, 1.54) is 54.6 Å². The first-order chi connectivity index (χ1) is 13.5. The zero-order valence-electron chi connectivity index (χ0n) is 14.3. The van der Waals surface area contributed by atoms with Crippen LogP contribution in [-0.2, 0) is 14.9 Å². The van der Waals surface area contributed by atoms with E-state index in [2.05, 4.69) is 0 Å². The highest BCUT2D eigenvalue weighted by molar-refractivity contribution is 7.87. The predicted octanol–water partition coefficient (Wildman–Crippen LogP) is 5.89. The van der Waals surface area contributed by atoms with E-state index >= 15 is 0 Å². The molecule has 0 aliphatic heterocycles. The van der Waals surface area contributed by atoms with Crippen LogP contribution in [0.5, 0.6) is 11.5 Å². The number of para-hydroxylation sites is 1. The molecule has 0 aliphatic rings. The van der Waals surface area contributed by atoms with Gasteiger partial charge >= 0.3 is 0 Å². The van der Waals surface area contributed by atoms with Gasteiger partial charge in [-0.05, 0) is 35.9 Å². The highest BCUT2D eigenvalue weighted by Gasteiger charge is 2.52. The fourth-order valence-electron chi connectivity index (χ4n) is 3.24. The van der Waals surface area contributed by atoms with Crippen LogP contribution in [0.4, 0.5) is 0 Å². The quantitative estimate of drug-likeness (QED) is 0.311. The summed E-state index contributed by atoms with van der Waals surface area (Å²) in [6.45, 7) is 0. The van der Waals surface area contributed by atoms with Crippen molar-refractivity contribution < 1.29 is 23.2 Å². The molecule has 0 amide bonds. The molecular formula is C19H12Cl4O5S. The molecule has 152 valence electrons. The first kappa shape index (κ1) is 22.0. The van der Waals surface area contributed by atoms with Crippen molar-refractivity contribution in [1.29, 1.82) is 0 Å². The van der Waals surface area contributed by atoms with Crippen molar-refractivity contribution in [1.82, 2.24) is 0 Å². The van der Waals surface area contributed by atoms with Crippen LogP contribution in [0.3, 0.4) is 0 Å². The third-order valence-corrected chi connectivity index (χ3v) is 7.07. The number of benzene rings is 3. The monoisotopic (exact) mass is 492 g/mol. The largest absolute Gasteiger partial charge is 0.508 e. The van der Waals surface area contributed by atoms with Crippen molar-refractivity contribution in [2.75, 3.05) is 0 Å². The van der Waals surface area contributed by atoms with Crippen molar-refractivity contribution in [3.63, 3.8) is 0 Å². The summed E-state index contributed by atoms with van der Waals surface area (Å²) >= 11 is 24.1. The average molecular weight is 494 g/mol. The lowest BCUT2D eigenvalue weighted by molar-refractivity contribution is 0.428. The minimum absolute atomic E-state index is 0.0430. The third kappa shape index (κ3) is 3.65. The van der Waals surface area contributed by atoms with Crippen molar-refractivity contribution in [3.05, 3.63) is 91.4 Å². The van der Waals surface area contributed by atoms with Gasteiger partial charge < -0.3 is 10.2 Å². The van der Waals surface area contributed by atoms with Crippen molar-refractivity contribution in [2.24, 2.45) is 0 Å². The predicted molar refractivity (Wildman–Crippen MR) is 114 cm³/mol. The molecule has 0 bridgehead atoms. The van der Waals surface area contributed by atoms with E-state index in [0.29, 0.717) is 0 Å². The lowest BCUT2D eigenvalue weighted by atomic mass is 9.83.